The summed E-state index contributed by atoms with van der Waals surface area (Å²) in [6.45, 7) is 7.12. The van der Waals surface area contributed by atoms with Crippen molar-refractivity contribution < 1.29 is 0 Å². The van der Waals surface area contributed by atoms with Crippen molar-refractivity contribution in [3.63, 3.8) is 0 Å². The number of nitrogens with two attached hydrogens (primary N) is 2. The molecule has 0 spiro atoms. The Hall–Kier alpha value is -1.30. The monoisotopic (exact) mass is 198 g/mol. The lowest BCUT2D eigenvalue weighted by atomic mass is 10.1. The highest BCUT2D eigenvalue weighted by atomic mass is 15.4. The van der Waals surface area contributed by atoms with Gasteiger partial charge in [0.1, 0.15) is 0 Å². The molecular weight excluding hydrogens is 180 g/mol. The molecule has 0 aliphatic carbocycles. The van der Waals surface area contributed by atoms with Gasteiger partial charge in [0.2, 0.25) is 5.95 Å². The third kappa shape index (κ3) is 2.88. The summed E-state index contributed by atoms with van der Waals surface area (Å²) >= 11 is 0. The third-order valence-corrected chi connectivity index (χ3v) is 1.80. The van der Waals surface area contributed by atoms with Crippen molar-refractivity contribution in [2.75, 3.05) is 18.1 Å². The number of hydrogen-bond donors (Lipinski definition) is 3. The molecule has 0 saturated carbocycles. The molecule has 0 saturated heterocycles. The van der Waals surface area contributed by atoms with Gasteiger partial charge in [-0.1, -0.05) is 0 Å². The second-order valence-electron chi connectivity index (χ2n) is 4.27. The first kappa shape index (κ1) is 10.8. The second kappa shape index (κ2) is 3.83. The average molecular weight is 198 g/mol. The number of nitrogens with zero attached hydrogens (tertiary/aromatic N) is 3. The molecule has 0 aliphatic heterocycles. The minimum absolute atomic E-state index is 0.102. The largest absolute Gasteiger partial charge is 0.366 e. The molecule has 5 N–H and O–H groups in total. The SMILES string of the molecule is CC(C)(C)NCCc1nnc(N)n1N. The fourth-order valence-corrected chi connectivity index (χ4v) is 1.06. The van der Waals surface area contributed by atoms with Gasteiger partial charge in [0.25, 0.3) is 0 Å². The summed E-state index contributed by atoms with van der Waals surface area (Å²) in [7, 11) is 0. The van der Waals surface area contributed by atoms with Gasteiger partial charge in [-0.3, -0.25) is 0 Å². The maximum absolute atomic E-state index is 5.59. The molecule has 1 aromatic rings. The van der Waals surface area contributed by atoms with Crippen molar-refractivity contribution in [2.24, 2.45) is 0 Å². The van der Waals surface area contributed by atoms with Crippen LogP contribution in [0.15, 0.2) is 0 Å². The van der Waals surface area contributed by atoms with Crippen LogP contribution in [0.2, 0.25) is 0 Å². The Labute approximate surface area is 83.6 Å². The van der Waals surface area contributed by atoms with Crippen LogP contribution in [0.4, 0.5) is 5.95 Å². The van der Waals surface area contributed by atoms with Gasteiger partial charge in [0.05, 0.1) is 0 Å². The van der Waals surface area contributed by atoms with Gasteiger partial charge in [-0.25, -0.2) is 4.68 Å². The van der Waals surface area contributed by atoms with E-state index in [0.29, 0.717) is 5.82 Å². The van der Waals surface area contributed by atoms with Crippen molar-refractivity contribution >= 4 is 5.95 Å². The van der Waals surface area contributed by atoms with Crippen LogP contribution < -0.4 is 16.9 Å². The summed E-state index contributed by atoms with van der Waals surface area (Å²) in [5, 5.41) is 10.9. The molecule has 1 heterocycles. The van der Waals surface area contributed by atoms with Crippen molar-refractivity contribution in [3.8, 4) is 0 Å². The highest BCUT2D eigenvalue weighted by Gasteiger charge is 2.10. The van der Waals surface area contributed by atoms with E-state index in [0.717, 1.165) is 13.0 Å². The fourth-order valence-electron chi connectivity index (χ4n) is 1.06. The third-order valence-electron chi connectivity index (χ3n) is 1.80. The Balaban J connectivity index is 2.43. The number of nitrogen functional groups attached to an aromatic ring is 2. The number of nitrogens with one attached hydrogen (secondary N) is 1. The van der Waals surface area contributed by atoms with Crippen LogP contribution in [0.5, 0.6) is 0 Å². The minimum atomic E-state index is 0.102. The summed E-state index contributed by atoms with van der Waals surface area (Å²) in [6, 6.07) is 0. The summed E-state index contributed by atoms with van der Waals surface area (Å²) in [5.74, 6) is 6.53. The fraction of sp³-hybridized carbons (Fsp3) is 0.750. The number of anilines is 1. The smallest absolute Gasteiger partial charge is 0.240 e. The Morgan fingerprint density at radius 3 is 2.43 bits per heavy atom. The first-order valence-corrected chi connectivity index (χ1v) is 4.60. The van der Waals surface area contributed by atoms with E-state index in [-0.39, 0.29) is 11.5 Å². The maximum atomic E-state index is 5.59. The van der Waals surface area contributed by atoms with Gasteiger partial charge in [0, 0.05) is 18.5 Å². The van der Waals surface area contributed by atoms with E-state index in [4.69, 9.17) is 11.6 Å². The summed E-state index contributed by atoms with van der Waals surface area (Å²) in [5.41, 5.74) is 5.54. The Kier molecular flexibility index (Phi) is 2.95. The number of rotatable bonds is 3. The highest BCUT2D eigenvalue weighted by molar-refractivity contribution is 5.17. The molecule has 80 valence electrons. The molecule has 0 radical (unpaired) electrons. The van der Waals surface area contributed by atoms with E-state index in [1.165, 1.54) is 4.68 Å². The van der Waals surface area contributed by atoms with Gasteiger partial charge < -0.3 is 16.9 Å². The molecule has 0 aromatic carbocycles. The predicted molar refractivity (Wildman–Crippen MR) is 56.0 cm³/mol. The van der Waals surface area contributed by atoms with Crippen LogP contribution in [0.25, 0.3) is 0 Å². The molecular formula is C8H18N6. The van der Waals surface area contributed by atoms with Crippen LogP contribution in [-0.2, 0) is 6.42 Å². The molecule has 14 heavy (non-hydrogen) atoms. The van der Waals surface area contributed by atoms with Crippen LogP contribution in [0.3, 0.4) is 0 Å². The quantitative estimate of drug-likeness (QED) is 0.569. The van der Waals surface area contributed by atoms with Crippen molar-refractivity contribution in [1.82, 2.24) is 20.2 Å². The van der Waals surface area contributed by atoms with E-state index < -0.39 is 0 Å². The van der Waals surface area contributed by atoms with E-state index in [9.17, 15) is 0 Å². The van der Waals surface area contributed by atoms with Gasteiger partial charge in [-0.2, -0.15) is 0 Å². The van der Waals surface area contributed by atoms with Gasteiger partial charge in [-0.05, 0) is 20.8 Å². The zero-order valence-electron chi connectivity index (χ0n) is 8.91. The molecule has 0 fully saturated rings. The van der Waals surface area contributed by atoms with Gasteiger partial charge >= 0.3 is 0 Å². The van der Waals surface area contributed by atoms with Crippen molar-refractivity contribution in [3.05, 3.63) is 5.82 Å². The summed E-state index contributed by atoms with van der Waals surface area (Å²) in [4.78, 5) is 0. The molecule has 6 heteroatoms. The average Bonchev–Trinajstić information content (AvgIpc) is 2.33. The van der Waals surface area contributed by atoms with E-state index >= 15 is 0 Å². The normalized spacial score (nSPS) is 11.9. The second-order valence-corrected chi connectivity index (χ2v) is 4.27. The highest BCUT2D eigenvalue weighted by Crippen LogP contribution is 2.01. The van der Waals surface area contributed by atoms with E-state index in [1.54, 1.807) is 0 Å². The topological polar surface area (TPSA) is 94.8 Å². The zero-order valence-corrected chi connectivity index (χ0v) is 8.91. The van der Waals surface area contributed by atoms with Crippen LogP contribution >= 0.6 is 0 Å². The van der Waals surface area contributed by atoms with Gasteiger partial charge in [-0.15, -0.1) is 10.2 Å². The maximum Gasteiger partial charge on any atom is 0.240 e. The number of aromatic nitrogens is 3. The Bertz CT molecular complexity index is 297. The van der Waals surface area contributed by atoms with Crippen LogP contribution in [-0.4, -0.2) is 27.0 Å². The Morgan fingerprint density at radius 2 is 2.00 bits per heavy atom. The molecule has 0 bridgehead atoms. The van der Waals surface area contributed by atoms with Crippen molar-refractivity contribution in [1.29, 1.82) is 0 Å². The van der Waals surface area contributed by atoms with Crippen LogP contribution in [0.1, 0.15) is 26.6 Å². The molecule has 0 atom stereocenters. The van der Waals surface area contributed by atoms with E-state index in [2.05, 4.69) is 36.3 Å². The molecule has 0 amide bonds. The van der Waals surface area contributed by atoms with Crippen LogP contribution in [0, 0.1) is 0 Å². The molecule has 6 nitrogen and oxygen atoms in total. The van der Waals surface area contributed by atoms with Crippen molar-refractivity contribution in [2.45, 2.75) is 32.7 Å². The first-order chi connectivity index (χ1) is 6.40. The number of hydrogen-bond acceptors (Lipinski definition) is 5. The van der Waals surface area contributed by atoms with E-state index in [1.807, 2.05) is 0 Å². The molecule has 0 aliphatic rings. The lowest BCUT2D eigenvalue weighted by molar-refractivity contribution is 0.426. The molecule has 0 unspecified atom stereocenters. The standard InChI is InChI=1S/C8H18N6/c1-8(2,3)11-5-4-6-12-13-7(9)14(6)10/h11H,4-5,10H2,1-3H3,(H2,9,13). The minimum Gasteiger partial charge on any atom is -0.366 e. The molecule has 1 rings (SSSR count). The lowest BCUT2D eigenvalue weighted by Gasteiger charge is -2.19. The van der Waals surface area contributed by atoms with Gasteiger partial charge in [0.15, 0.2) is 5.82 Å². The molecule has 1 aromatic heterocycles. The summed E-state index contributed by atoms with van der Waals surface area (Å²) in [6.07, 6.45) is 0.720. The summed E-state index contributed by atoms with van der Waals surface area (Å²) < 4.78 is 1.31. The zero-order chi connectivity index (χ0) is 10.8. The lowest BCUT2D eigenvalue weighted by Crippen LogP contribution is -2.37. The predicted octanol–water partition coefficient (Wildman–Crippen LogP) is -0.495. The first-order valence-electron chi connectivity index (χ1n) is 4.60. The Morgan fingerprint density at radius 1 is 1.36 bits per heavy atom.